The zero-order valence-corrected chi connectivity index (χ0v) is 15.2. The molecule has 2 rings (SSSR count). The maximum Gasteiger partial charge on any atom is 0.271 e. The molecular formula is C16H14Br2N2O2. The Hall–Kier alpha value is -1.66. The van der Waals surface area contributed by atoms with E-state index in [0.29, 0.717) is 21.3 Å². The van der Waals surface area contributed by atoms with Crippen LogP contribution in [0.2, 0.25) is 0 Å². The largest absolute Gasteiger partial charge is 0.506 e. The first-order chi connectivity index (χ1) is 10.4. The number of nitrogens with one attached hydrogen (secondary N) is 1. The first-order valence-corrected chi connectivity index (χ1v) is 8.06. The summed E-state index contributed by atoms with van der Waals surface area (Å²) in [6.45, 7) is 3.67. The number of aryl methyl sites for hydroxylation is 1. The lowest BCUT2D eigenvalue weighted by atomic mass is 10.1. The molecule has 114 valence electrons. The highest BCUT2D eigenvalue weighted by Crippen LogP contribution is 2.32. The van der Waals surface area contributed by atoms with Crippen LogP contribution in [0.25, 0.3) is 0 Å². The molecule has 0 heterocycles. The number of rotatable bonds is 3. The highest BCUT2D eigenvalue weighted by atomic mass is 79.9. The van der Waals surface area contributed by atoms with E-state index in [-0.39, 0.29) is 11.7 Å². The molecule has 0 spiro atoms. The van der Waals surface area contributed by atoms with Crippen molar-refractivity contribution in [1.82, 2.24) is 5.43 Å². The van der Waals surface area contributed by atoms with Crippen LogP contribution in [-0.2, 0) is 0 Å². The minimum absolute atomic E-state index is 0.0778. The molecule has 0 saturated carbocycles. The summed E-state index contributed by atoms with van der Waals surface area (Å²) in [6, 6.07) is 10.7. The number of amides is 1. The summed E-state index contributed by atoms with van der Waals surface area (Å²) in [7, 11) is 0. The second-order valence-electron chi connectivity index (χ2n) is 4.79. The molecule has 2 aromatic carbocycles. The van der Waals surface area contributed by atoms with Crippen LogP contribution in [0.4, 0.5) is 0 Å². The molecule has 0 fully saturated rings. The fraction of sp³-hybridized carbons (Fsp3) is 0.125. The summed E-state index contributed by atoms with van der Waals surface area (Å²) in [5.74, 6) is -0.220. The SMILES string of the molecule is C/C(=N\NC(=O)c1ccc(C)cc1)c1cc(Br)cc(Br)c1O. The molecular weight excluding hydrogens is 412 g/mol. The number of carbonyl (C=O) groups excluding carboxylic acids is 1. The average molecular weight is 426 g/mol. The zero-order chi connectivity index (χ0) is 16.3. The van der Waals surface area contributed by atoms with Crippen LogP contribution in [0.1, 0.15) is 28.4 Å². The molecule has 2 N–H and O–H groups in total. The first kappa shape index (κ1) is 16.7. The molecule has 0 aliphatic carbocycles. The van der Waals surface area contributed by atoms with Crippen LogP contribution >= 0.6 is 31.9 Å². The number of halogens is 2. The molecule has 0 aliphatic heterocycles. The number of hydrogen-bond acceptors (Lipinski definition) is 3. The Kier molecular flexibility index (Phi) is 5.37. The molecule has 0 radical (unpaired) electrons. The van der Waals surface area contributed by atoms with Crippen molar-refractivity contribution in [1.29, 1.82) is 0 Å². The van der Waals surface area contributed by atoms with E-state index < -0.39 is 0 Å². The number of hydrogen-bond donors (Lipinski definition) is 2. The molecule has 0 aliphatic rings. The molecule has 22 heavy (non-hydrogen) atoms. The monoisotopic (exact) mass is 424 g/mol. The van der Waals surface area contributed by atoms with Gasteiger partial charge in [-0.15, -0.1) is 0 Å². The van der Waals surface area contributed by atoms with Gasteiger partial charge in [-0.05, 0) is 54.0 Å². The van der Waals surface area contributed by atoms with Crippen molar-refractivity contribution < 1.29 is 9.90 Å². The molecule has 0 bridgehead atoms. The van der Waals surface area contributed by atoms with Crippen LogP contribution in [-0.4, -0.2) is 16.7 Å². The standard InChI is InChI=1S/C16H14Br2N2O2/c1-9-3-5-11(6-4-9)16(22)20-19-10(2)13-7-12(17)8-14(18)15(13)21/h3-8,21H,1-2H3,(H,20,22)/b19-10+. The smallest absolute Gasteiger partial charge is 0.271 e. The summed E-state index contributed by atoms with van der Waals surface area (Å²) in [4.78, 5) is 12.0. The van der Waals surface area contributed by atoms with Gasteiger partial charge >= 0.3 is 0 Å². The topological polar surface area (TPSA) is 61.7 Å². The van der Waals surface area contributed by atoms with E-state index in [4.69, 9.17) is 0 Å². The van der Waals surface area contributed by atoms with E-state index in [9.17, 15) is 9.90 Å². The van der Waals surface area contributed by atoms with E-state index >= 15 is 0 Å². The number of phenols is 1. The Balaban J connectivity index is 2.19. The molecule has 1 amide bonds. The Morgan fingerprint density at radius 2 is 1.82 bits per heavy atom. The van der Waals surface area contributed by atoms with Crippen LogP contribution in [0.15, 0.2) is 50.4 Å². The lowest BCUT2D eigenvalue weighted by Crippen LogP contribution is -2.19. The van der Waals surface area contributed by atoms with Gasteiger partial charge in [0.25, 0.3) is 5.91 Å². The predicted octanol–water partition coefficient (Wildman–Crippen LogP) is 4.38. The van der Waals surface area contributed by atoms with Gasteiger partial charge in [0.15, 0.2) is 0 Å². The lowest BCUT2D eigenvalue weighted by Gasteiger charge is -2.08. The van der Waals surface area contributed by atoms with Crippen LogP contribution in [0.5, 0.6) is 5.75 Å². The summed E-state index contributed by atoms with van der Waals surface area (Å²) in [5, 5.41) is 14.1. The molecule has 4 nitrogen and oxygen atoms in total. The van der Waals surface area contributed by atoms with Crippen molar-refractivity contribution in [3.05, 3.63) is 62.0 Å². The molecule has 0 aromatic heterocycles. The van der Waals surface area contributed by atoms with Crippen molar-refractivity contribution in [2.45, 2.75) is 13.8 Å². The quantitative estimate of drug-likeness (QED) is 0.566. The highest BCUT2D eigenvalue weighted by molar-refractivity contribution is 9.11. The second-order valence-corrected chi connectivity index (χ2v) is 6.56. The third kappa shape index (κ3) is 3.96. The van der Waals surface area contributed by atoms with Crippen molar-refractivity contribution in [2.75, 3.05) is 0 Å². The third-order valence-corrected chi connectivity index (χ3v) is 4.12. The minimum Gasteiger partial charge on any atom is -0.506 e. The van der Waals surface area contributed by atoms with Gasteiger partial charge in [0, 0.05) is 15.6 Å². The summed E-state index contributed by atoms with van der Waals surface area (Å²) in [6.07, 6.45) is 0. The van der Waals surface area contributed by atoms with E-state index in [2.05, 4.69) is 42.4 Å². The van der Waals surface area contributed by atoms with Crippen molar-refractivity contribution in [3.8, 4) is 5.75 Å². The van der Waals surface area contributed by atoms with Gasteiger partial charge in [-0.2, -0.15) is 5.10 Å². The van der Waals surface area contributed by atoms with Crippen LogP contribution in [0.3, 0.4) is 0 Å². The van der Waals surface area contributed by atoms with Gasteiger partial charge in [0.2, 0.25) is 0 Å². The fourth-order valence-electron chi connectivity index (χ4n) is 1.81. The molecule has 6 heteroatoms. The Morgan fingerprint density at radius 1 is 1.18 bits per heavy atom. The maximum atomic E-state index is 12.0. The van der Waals surface area contributed by atoms with Crippen molar-refractivity contribution >= 4 is 43.5 Å². The molecule has 0 unspecified atom stereocenters. The minimum atomic E-state index is -0.298. The molecule has 2 aromatic rings. The predicted molar refractivity (Wildman–Crippen MR) is 94.4 cm³/mol. The zero-order valence-electron chi connectivity index (χ0n) is 12.0. The van der Waals surface area contributed by atoms with E-state index in [1.54, 1.807) is 31.2 Å². The Morgan fingerprint density at radius 3 is 2.45 bits per heavy atom. The summed E-state index contributed by atoms with van der Waals surface area (Å²) < 4.78 is 1.35. The van der Waals surface area contributed by atoms with Gasteiger partial charge < -0.3 is 5.11 Å². The number of hydrazone groups is 1. The van der Waals surface area contributed by atoms with E-state index in [0.717, 1.165) is 10.0 Å². The van der Waals surface area contributed by atoms with Crippen LogP contribution in [0, 0.1) is 6.92 Å². The number of phenolic OH excluding ortho intramolecular Hbond substituents is 1. The van der Waals surface area contributed by atoms with E-state index in [1.165, 1.54) is 0 Å². The van der Waals surface area contributed by atoms with E-state index in [1.807, 2.05) is 19.1 Å². The van der Waals surface area contributed by atoms with Crippen molar-refractivity contribution in [3.63, 3.8) is 0 Å². The number of benzene rings is 2. The highest BCUT2D eigenvalue weighted by Gasteiger charge is 2.11. The van der Waals surface area contributed by atoms with Gasteiger partial charge in [0.1, 0.15) is 5.75 Å². The fourth-order valence-corrected chi connectivity index (χ4v) is 3.03. The van der Waals surface area contributed by atoms with Gasteiger partial charge in [-0.3, -0.25) is 4.79 Å². The summed E-state index contributed by atoms with van der Waals surface area (Å²) in [5.41, 5.74) is 5.14. The van der Waals surface area contributed by atoms with Gasteiger partial charge in [0.05, 0.1) is 10.2 Å². The lowest BCUT2D eigenvalue weighted by molar-refractivity contribution is 0.0955. The first-order valence-electron chi connectivity index (χ1n) is 6.48. The Labute approximate surface area is 145 Å². The maximum absolute atomic E-state index is 12.0. The summed E-state index contributed by atoms with van der Waals surface area (Å²) >= 11 is 6.62. The number of nitrogens with zero attached hydrogens (tertiary/aromatic N) is 1. The number of carbonyl (C=O) groups is 1. The van der Waals surface area contributed by atoms with Crippen LogP contribution < -0.4 is 5.43 Å². The normalized spacial score (nSPS) is 11.4. The molecule has 0 atom stereocenters. The molecule has 0 saturated heterocycles. The third-order valence-electron chi connectivity index (χ3n) is 3.06. The van der Waals surface area contributed by atoms with Gasteiger partial charge in [-0.1, -0.05) is 33.6 Å². The van der Waals surface area contributed by atoms with Gasteiger partial charge in [-0.25, -0.2) is 5.43 Å². The van der Waals surface area contributed by atoms with Crippen molar-refractivity contribution in [2.24, 2.45) is 5.10 Å². The second kappa shape index (κ2) is 7.07. The number of aromatic hydroxyl groups is 1. The average Bonchev–Trinajstić information content (AvgIpc) is 2.48. The Bertz CT molecular complexity index is 741.